The van der Waals surface area contributed by atoms with Crippen molar-refractivity contribution in [2.75, 3.05) is 13.2 Å². The van der Waals surface area contributed by atoms with E-state index in [1.165, 1.54) is 5.56 Å². The first-order chi connectivity index (χ1) is 7.72. The summed E-state index contributed by atoms with van der Waals surface area (Å²) in [6.07, 6.45) is 1.95. The number of hydrogen-bond donors (Lipinski definition) is 0. The van der Waals surface area contributed by atoms with Gasteiger partial charge in [0.2, 0.25) is 0 Å². The van der Waals surface area contributed by atoms with Crippen LogP contribution in [0.2, 0.25) is 0 Å². The Morgan fingerprint density at radius 1 is 1.44 bits per heavy atom. The Labute approximate surface area is 96.6 Å². The van der Waals surface area contributed by atoms with Crippen LogP contribution in [-0.4, -0.2) is 19.0 Å². The van der Waals surface area contributed by atoms with Crippen LogP contribution in [0.15, 0.2) is 18.2 Å². The van der Waals surface area contributed by atoms with Crippen LogP contribution in [0, 0.1) is 0 Å². The van der Waals surface area contributed by atoms with Crippen LogP contribution < -0.4 is 0 Å². The summed E-state index contributed by atoms with van der Waals surface area (Å²) in [7, 11) is 0. The van der Waals surface area contributed by atoms with Crippen molar-refractivity contribution < 1.29 is 9.53 Å². The summed E-state index contributed by atoms with van der Waals surface area (Å²) in [4.78, 5) is 11.8. The predicted octanol–water partition coefficient (Wildman–Crippen LogP) is 2.96. The third-order valence-electron chi connectivity index (χ3n) is 3.36. The third kappa shape index (κ3) is 2.17. The molecule has 0 fully saturated rings. The fourth-order valence-electron chi connectivity index (χ4n) is 2.04. The fourth-order valence-corrected chi connectivity index (χ4v) is 2.04. The van der Waals surface area contributed by atoms with Crippen molar-refractivity contribution in [1.29, 1.82) is 0 Å². The van der Waals surface area contributed by atoms with Gasteiger partial charge in [-0.2, -0.15) is 0 Å². The molecule has 0 N–H and O–H groups in total. The Morgan fingerprint density at radius 3 is 3.00 bits per heavy atom. The molecule has 2 nitrogen and oxygen atoms in total. The van der Waals surface area contributed by atoms with Crippen molar-refractivity contribution in [3.63, 3.8) is 0 Å². The van der Waals surface area contributed by atoms with Crippen LogP contribution in [0.3, 0.4) is 0 Å². The van der Waals surface area contributed by atoms with Crippen molar-refractivity contribution >= 4 is 5.78 Å². The number of fused-ring (bicyclic) bond motifs is 1. The lowest BCUT2D eigenvalue weighted by atomic mass is 9.92. The first-order valence-corrected chi connectivity index (χ1v) is 5.96. The zero-order valence-electron chi connectivity index (χ0n) is 9.95. The second kappa shape index (κ2) is 4.79. The molecule has 1 aromatic rings. The highest BCUT2D eigenvalue weighted by Crippen LogP contribution is 2.23. The smallest absolute Gasteiger partial charge is 0.188 e. The van der Waals surface area contributed by atoms with Gasteiger partial charge < -0.3 is 4.74 Å². The van der Waals surface area contributed by atoms with Crippen molar-refractivity contribution in [1.82, 2.24) is 0 Å². The van der Waals surface area contributed by atoms with Gasteiger partial charge in [0.05, 0.1) is 6.61 Å². The second-order valence-corrected chi connectivity index (χ2v) is 4.45. The molecular weight excluding hydrogens is 200 g/mol. The van der Waals surface area contributed by atoms with Gasteiger partial charge in [-0.3, -0.25) is 4.79 Å². The topological polar surface area (TPSA) is 26.3 Å². The first-order valence-electron chi connectivity index (χ1n) is 5.96. The van der Waals surface area contributed by atoms with Crippen LogP contribution in [0.4, 0.5) is 0 Å². The number of carbonyl (C=O) groups is 1. The van der Waals surface area contributed by atoms with E-state index >= 15 is 0 Å². The molecule has 2 heteroatoms. The molecule has 0 amide bonds. The van der Waals surface area contributed by atoms with Crippen molar-refractivity contribution in [3.05, 3.63) is 34.9 Å². The van der Waals surface area contributed by atoms with Crippen molar-refractivity contribution in [2.45, 2.75) is 32.6 Å². The van der Waals surface area contributed by atoms with E-state index in [2.05, 4.69) is 32.0 Å². The average Bonchev–Trinajstić information content (AvgIpc) is 2.50. The molecule has 0 aromatic heterocycles. The average molecular weight is 218 g/mol. The number of carbonyl (C=O) groups excluding carboxylic acids is 1. The van der Waals surface area contributed by atoms with Gasteiger partial charge in [-0.25, -0.2) is 0 Å². The van der Waals surface area contributed by atoms with E-state index in [1.807, 2.05) is 0 Å². The van der Waals surface area contributed by atoms with Crippen molar-refractivity contribution in [3.8, 4) is 0 Å². The number of benzene rings is 1. The van der Waals surface area contributed by atoms with Crippen LogP contribution in [0.1, 0.15) is 47.7 Å². The van der Waals surface area contributed by atoms with Gasteiger partial charge in [0.1, 0.15) is 6.61 Å². The fraction of sp³-hybridized carbons (Fsp3) is 0.500. The van der Waals surface area contributed by atoms with Gasteiger partial charge in [0.15, 0.2) is 5.78 Å². The first kappa shape index (κ1) is 11.3. The molecule has 0 bridgehead atoms. The van der Waals surface area contributed by atoms with Crippen molar-refractivity contribution in [2.24, 2.45) is 0 Å². The van der Waals surface area contributed by atoms with Crippen LogP contribution in [-0.2, 0) is 11.2 Å². The minimum Gasteiger partial charge on any atom is -0.373 e. The Hall–Kier alpha value is -1.15. The second-order valence-electron chi connectivity index (χ2n) is 4.45. The van der Waals surface area contributed by atoms with Gasteiger partial charge in [-0.05, 0) is 36.0 Å². The van der Waals surface area contributed by atoms with E-state index in [-0.39, 0.29) is 12.4 Å². The monoisotopic (exact) mass is 218 g/mol. The van der Waals surface area contributed by atoms with Gasteiger partial charge in [-0.15, -0.1) is 0 Å². The van der Waals surface area contributed by atoms with E-state index in [1.54, 1.807) is 0 Å². The molecule has 16 heavy (non-hydrogen) atoms. The highest BCUT2D eigenvalue weighted by molar-refractivity contribution is 5.98. The number of ketones is 1. The number of Topliss-reactive ketones (excluding diaryl/α,β-unsaturated/α-hetero) is 1. The minimum absolute atomic E-state index is 0.123. The van der Waals surface area contributed by atoms with E-state index in [4.69, 9.17) is 4.74 Å². The maximum absolute atomic E-state index is 11.8. The number of ether oxygens (including phenoxy) is 1. The molecule has 1 aromatic carbocycles. The molecule has 0 radical (unpaired) electrons. The molecule has 0 saturated carbocycles. The third-order valence-corrected chi connectivity index (χ3v) is 3.36. The molecule has 0 aliphatic carbocycles. The maximum atomic E-state index is 11.8. The molecule has 2 rings (SSSR count). The van der Waals surface area contributed by atoms with E-state index in [0.717, 1.165) is 24.0 Å². The minimum atomic E-state index is 0.123. The summed E-state index contributed by atoms with van der Waals surface area (Å²) in [5, 5.41) is 0. The summed E-state index contributed by atoms with van der Waals surface area (Å²) in [6.45, 7) is 5.25. The number of rotatable bonds is 2. The summed E-state index contributed by atoms with van der Waals surface area (Å²) >= 11 is 0. The largest absolute Gasteiger partial charge is 0.373 e. The predicted molar refractivity (Wildman–Crippen MR) is 64.0 cm³/mol. The van der Waals surface area contributed by atoms with E-state index in [0.29, 0.717) is 12.5 Å². The zero-order valence-corrected chi connectivity index (χ0v) is 9.95. The summed E-state index contributed by atoms with van der Waals surface area (Å²) in [5.41, 5.74) is 3.27. The quantitative estimate of drug-likeness (QED) is 0.763. The molecule has 1 aliphatic rings. The normalized spacial score (nSPS) is 17.8. The zero-order chi connectivity index (χ0) is 11.5. The Balaban J connectivity index is 2.39. The van der Waals surface area contributed by atoms with Gasteiger partial charge in [0, 0.05) is 5.56 Å². The van der Waals surface area contributed by atoms with E-state index in [9.17, 15) is 4.79 Å². The molecular formula is C14H18O2. The van der Waals surface area contributed by atoms with Crippen LogP contribution in [0.5, 0.6) is 0 Å². The van der Waals surface area contributed by atoms with Gasteiger partial charge >= 0.3 is 0 Å². The molecule has 0 spiro atoms. The van der Waals surface area contributed by atoms with Gasteiger partial charge in [0.25, 0.3) is 0 Å². The maximum Gasteiger partial charge on any atom is 0.188 e. The summed E-state index contributed by atoms with van der Waals surface area (Å²) in [5.74, 6) is 0.639. The summed E-state index contributed by atoms with van der Waals surface area (Å²) in [6, 6.07) is 6.29. The standard InChI is InChI=1S/C14H18O2/c1-3-10(2)12-5-4-11-6-7-16-9-14(15)13(11)8-12/h4-5,8,10H,3,6-7,9H2,1-2H3. The summed E-state index contributed by atoms with van der Waals surface area (Å²) < 4.78 is 5.27. The molecule has 1 heterocycles. The lowest BCUT2D eigenvalue weighted by molar-refractivity contribution is 0.0788. The SMILES string of the molecule is CCC(C)c1ccc2c(c1)C(=O)COCC2. The van der Waals surface area contributed by atoms with E-state index < -0.39 is 0 Å². The van der Waals surface area contributed by atoms with Crippen LogP contribution >= 0.6 is 0 Å². The lowest BCUT2D eigenvalue weighted by Crippen LogP contribution is -2.07. The Kier molecular flexibility index (Phi) is 3.39. The molecule has 0 saturated heterocycles. The Morgan fingerprint density at radius 2 is 2.25 bits per heavy atom. The molecule has 1 atom stereocenters. The molecule has 86 valence electrons. The molecule has 1 unspecified atom stereocenters. The number of hydrogen-bond acceptors (Lipinski definition) is 2. The van der Waals surface area contributed by atoms with Gasteiger partial charge in [-0.1, -0.05) is 26.0 Å². The lowest BCUT2D eigenvalue weighted by Gasteiger charge is -2.12. The van der Waals surface area contributed by atoms with Crippen LogP contribution in [0.25, 0.3) is 0 Å². The Bertz CT molecular complexity index is 396. The highest BCUT2D eigenvalue weighted by Gasteiger charge is 2.17. The highest BCUT2D eigenvalue weighted by atomic mass is 16.5. The molecule has 1 aliphatic heterocycles.